The van der Waals surface area contributed by atoms with Crippen LogP contribution in [0.5, 0.6) is 0 Å². The van der Waals surface area contributed by atoms with Crippen LogP contribution in [-0.2, 0) is 16.0 Å². The van der Waals surface area contributed by atoms with Gasteiger partial charge < -0.3 is 31.7 Å². The van der Waals surface area contributed by atoms with Crippen molar-refractivity contribution in [3.8, 4) is 0 Å². The second kappa shape index (κ2) is 14.8. The molecule has 0 aliphatic rings. The highest BCUT2D eigenvalue weighted by molar-refractivity contribution is 7.09. The Balaban J connectivity index is 2.64. The van der Waals surface area contributed by atoms with Crippen LogP contribution in [-0.4, -0.2) is 60.5 Å². The van der Waals surface area contributed by atoms with E-state index in [4.69, 9.17) is 5.73 Å². The summed E-state index contributed by atoms with van der Waals surface area (Å²) in [6, 6.07) is 3.24. The van der Waals surface area contributed by atoms with Gasteiger partial charge in [-0.1, -0.05) is 19.9 Å². The average Bonchev–Trinajstić information content (AvgIpc) is 3.22. The Labute approximate surface area is 189 Å². The maximum atomic E-state index is 12.8. The van der Waals surface area contributed by atoms with Crippen molar-refractivity contribution in [3.63, 3.8) is 0 Å². The normalized spacial score (nSPS) is 13.5. The number of nitrogens with zero attached hydrogens (tertiary/aromatic N) is 1. The lowest BCUT2D eigenvalue weighted by atomic mass is 9.75. The number of hydrogen-bond acceptors (Lipinski definition) is 6. The molecule has 174 valence electrons. The van der Waals surface area contributed by atoms with Crippen molar-refractivity contribution in [2.45, 2.75) is 64.4 Å². The summed E-state index contributed by atoms with van der Waals surface area (Å²) in [7, 11) is -0.0971. The van der Waals surface area contributed by atoms with Gasteiger partial charge in [0.25, 0.3) is 0 Å². The first-order valence-corrected chi connectivity index (χ1v) is 11.5. The van der Waals surface area contributed by atoms with Gasteiger partial charge in [-0.05, 0) is 49.5 Å². The minimum atomic E-state index is -1.67. The smallest absolute Gasteiger partial charge is 0.426 e. The Morgan fingerprint density at radius 2 is 2.00 bits per heavy atom. The van der Waals surface area contributed by atoms with Crippen LogP contribution >= 0.6 is 11.3 Å². The number of aryl methyl sites for hydroxylation is 1. The van der Waals surface area contributed by atoms with Gasteiger partial charge in [0, 0.05) is 24.9 Å². The summed E-state index contributed by atoms with van der Waals surface area (Å²) >= 11 is 1.66. The second-order valence-corrected chi connectivity index (χ2v) is 8.92. The summed E-state index contributed by atoms with van der Waals surface area (Å²) < 4.78 is 0. The summed E-state index contributed by atoms with van der Waals surface area (Å²) in [6.45, 7) is 4.36. The van der Waals surface area contributed by atoms with Crippen LogP contribution in [0.3, 0.4) is 0 Å². The Bertz CT molecular complexity index is 685. The van der Waals surface area contributed by atoms with Gasteiger partial charge in [0.05, 0.1) is 5.94 Å². The number of nitrogens with one attached hydrogen (secondary N) is 3. The summed E-state index contributed by atoms with van der Waals surface area (Å²) in [5.74, 6) is -0.963. The monoisotopic (exact) mass is 453 g/mol. The van der Waals surface area contributed by atoms with E-state index in [0.29, 0.717) is 44.6 Å². The summed E-state index contributed by atoms with van der Waals surface area (Å²) in [5.41, 5.74) is 5.61. The third-order valence-electron chi connectivity index (χ3n) is 4.69. The van der Waals surface area contributed by atoms with Crippen molar-refractivity contribution >= 4 is 36.2 Å². The third kappa shape index (κ3) is 11.8. The number of thiophene rings is 1. The van der Waals surface area contributed by atoms with E-state index in [2.05, 4.69) is 20.9 Å². The van der Waals surface area contributed by atoms with Crippen LogP contribution in [0.2, 0.25) is 0 Å². The Kier molecular flexibility index (Phi) is 12.9. The molecule has 9 nitrogen and oxygen atoms in total. The second-order valence-electron chi connectivity index (χ2n) is 7.89. The molecule has 1 aromatic heterocycles. The van der Waals surface area contributed by atoms with E-state index in [1.54, 1.807) is 18.4 Å². The van der Waals surface area contributed by atoms with Gasteiger partial charge in [0.2, 0.25) is 11.8 Å². The largest absolute Gasteiger partial charge is 0.475 e. The molecule has 0 saturated carbocycles. The number of guanidine groups is 1. The van der Waals surface area contributed by atoms with Crippen LogP contribution in [0.25, 0.3) is 0 Å². The van der Waals surface area contributed by atoms with E-state index >= 15 is 0 Å². The predicted octanol–water partition coefficient (Wildman–Crippen LogP) is 0.413. The first-order chi connectivity index (χ1) is 14.7. The van der Waals surface area contributed by atoms with E-state index in [9.17, 15) is 19.6 Å². The van der Waals surface area contributed by atoms with Gasteiger partial charge in [-0.15, -0.1) is 11.3 Å². The zero-order valence-corrected chi connectivity index (χ0v) is 19.5. The molecule has 0 fully saturated rings. The van der Waals surface area contributed by atoms with Crippen molar-refractivity contribution in [3.05, 3.63) is 22.4 Å². The number of nitrogens with two attached hydrogens (primary N) is 1. The van der Waals surface area contributed by atoms with E-state index in [0.717, 1.165) is 6.42 Å². The lowest BCUT2D eigenvalue weighted by Crippen LogP contribution is -2.54. The van der Waals surface area contributed by atoms with Crippen molar-refractivity contribution < 1.29 is 19.6 Å². The van der Waals surface area contributed by atoms with Gasteiger partial charge in [-0.2, -0.15) is 0 Å². The van der Waals surface area contributed by atoms with Crippen molar-refractivity contribution in [2.75, 3.05) is 13.6 Å². The fraction of sp³-hybridized carbons (Fsp3) is 0.650. The number of aliphatic imine (C=N–C) groups is 1. The lowest BCUT2D eigenvalue weighted by Gasteiger charge is -2.24. The predicted molar refractivity (Wildman–Crippen MR) is 126 cm³/mol. The quantitative estimate of drug-likeness (QED) is 0.104. The number of amides is 2. The van der Waals surface area contributed by atoms with Crippen molar-refractivity contribution in [1.29, 1.82) is 0 Å². The first kappa shape index (κ1) is 26.9. The molecule has 1 aromatic rings. The molecule has 0 aliphatic carbocycles. The molecule has 0 aliphatic heterocycles. The maximum Gasteiger partial charge on any atom is 0.475 e. The van der Waals surface area contributed by atoms with Gasteiger partial charge in [0.15, 0.2) is 5.96 Å². The van der Waals surface area contributed by atoms with Crippen LogP contribution < -0.4 is 21.7 Å². The molecule has 0 bridgehead atoms. The molecule has 0 aromatic carbocycles. The van der Waals surface area contributed by atoms with Gasteiger partial charge in [-0.25, -0.2) is 0 Å². The average molecular weight is 453 g/mol. The minimum Gasteiger partial charge on any atom is -0.426 e. The highest BCUT2D eigenvalue weighted by atomic mass is 32.1. The molecule has 2 atom stereocenters. The highest BCUT2D eigenvalue weighted by Crippen LogP contribution is 2.12. The van der Waals surface area contributed by atoms with Gasteiger partial charge in [0.1, 0.15) is 6.04 Å². The van der Waals surface area contributed by atoms with E-state index in [-0.39, 0.29) is 11.8 Å². The van der Waals surface area contributed by atoms with Crippen LogP contribution in [0.1, 0.15) is 50.8 Å². The molecular weight excluding hydrogens is 417 g/mol. The third-order valence-corrected chi connectivity index (χ3v) is 5.62. The van der Waals surface area contributed by atoms with Crippen molar-refractivity contribution in [1.82, 2.24) is 16.0 Å². The fourth-order valence-corrected chi connectivity index (χ4v) is 3.81. The lowest BCUT2D eigenvalue weighted by molar-refractivity contribution is -0.129. The Hall–Kier alpha value is -2.11. The van der Waals surface area contributed by atoms with E-state index in [1.165, 1.54) is 4.88 Å². The molecule has 31 heavy (non-hydrogen) atoms. The zero-order chi connectivity index (χ0) is 23.2. The molecule has 11 heteroatoms. The molecule has 0 unspecified atom stereocenters. The molecule has 2 amide bonds. The van der Waals surface area contributed by atoms with E-state index in [1.807, 2.05) is 31.4 Å². The number of carbonyl (C=O) groups excluding carboxylic acids is 2. The summed E-state index contributed by atoms with van der Waals surface area (Å²) in [5, 5.41) is 29.6. The first-order valence-electron chi connectivity index (χ1n) is 10.7. The Morgan fingerprint density at radius 3 is 2.58 bits per heavy atom. The number of hydrogen-bond donors (Lipinski definition) is 6. The van der Waals surface area contributed by atoms with Crippen molar-refractivity contribution in [2.24, 2.45) is 16.6 Å². The molecule has 1 heterocycles. The number of carbonyl (C=O) groups is 2. The molecule has 7 N–H and O–H groups in total. The zero-order valence-electron chi connectivity index (χ0n) is 18.6. The van der Waals surface area contributed by atoms with Gasteiger partial charge in [-0.3, -0.25) is 14.6 Å². The SMILES string of the molecule is CN=C(N)NCCC[C@H](NC(=O)CCCc1cccs1)C(=O)N[C@@H](CC(C)C)B(O)O. The minimum absolute atomic E-state index is 0.165. The standard InChI is InChI=1S/C20H36BN5O4S/c1-14(2)13-17(21(29)30)26-19(28)16(9-5-11-24-20(22)23-3)25-18(27)10-4-7-15-8-6-12-31-15/h6,8,12,14,16-17,29-30H,4-5,7,9-11,13H2,1-3H3,(H,25,27)(H,26,28)(H3,22,23,24)/t16-,17-/m0/s1. The molecule has 0 radical (unpaired) electrons. The number of rotatable bonds is 14. The summed E-state index contributed by atoms with van der Waals surface area (Å²) in [6.07, 6.45) is 3.18. The molecule has 0 saturated heterocycles. The van der Waals surface area contributed by atoms with Crippen LogP contribution in [0.15, 0.2) is 22.5 Å². The van der Waals surface area contributed by atoms with Gasteiger partial charge >= 0.3 is 7.12 Å². The highest BCUT2D eigenvalue weighted by Gasteiger charge is 2.29. The van der Waals surface area contributed by atoms with Crippen LogP contribution in [0.4, 0.5) is 0 Å². The van der Waals surface area contributed by atoms with Crippen LogP contribution in [0, 0.1) is 5.92 Å². The molecule has 0 spiro atoms. The molecule has 1 rings (SSSR count). The molecular formula is C20H36BN5O4S. The van der Waals surface area contributed by atoms with E-state index < -0.39 is 25.0 Å². The summed E-state index contributed by atoms with van der Waals surface area (Å²) in [4.78, 5) is 30.3. The Morgan fingerprint density at radius 1 is 1.26 bits per heavy atom. The fourth-order valence-electron chi connectivity index (χ4n) is 3.06. The maximum absolute atomic E-state index is 12.8. The topological polar surface area (TPSA) is 149 Å².